The second-order valence-corrected chi connectivity index (χ2v) is 26.1. The van der Waals surface area contributed by atoms with Crippen LogP contribution in [0.1, 0.15) is 79.0 Å². The van der Waals surface area contributed by atoms with Crippen molar-refractivity contribution >= 4 is 128 Å². The van der Waals surface area contributed by atoms with Crippen LogP contribution in [-0.2, 0) is 16.2 Å². The largest absolute Gasteiger partial charge is 0.311 e. The van der Waals surface area contributed by atoms with Crippen molar-refractivity contribution in [3.05, 3.63) is 223 Å². The zero-order chi connectivity index (χ0) is 53.1. The molecule has 0 fully saturated rings. The van der Waals surface area contributed by atoms with Crippen molar-refractivity contribution in [1.82, 2.24) is 4.57 Å². The summed E-state index contributed by atoms with van der Waals surface area (Å²) in [4.78, 5) is 7.70. The topological polar surface area (TPSA) is 14.7 Å². The molecule has 10 aromatic carbocycles. The smallest absolute Gasteiger partial charge is 0.252 e. The number of anilines is 9. The van der Waals surface area contributed by atoms with Crippen LogP contribution in [-0.4, -0.2) is 11.3 Å². The minimum atomic E-state index is -0.159. The highest BCUT2D eigenvalue weighted by Crippen LogP contribution is 2.54. The fourth-order valence-electron chi connectivity index (χ4n) is 13.2. The second-order valence-electron chi connectivity index (χ2n) is 25.0. The van der Waals surface area contributed by atoms with Gasteiger partial charge in [0.2, 0.25) is 0 Å². The van der Waals surface area contributed by atoms with Gasteiger partial charge in [0.25, 0.3) is 6.71 Å². The third-order valence-corrected chi connectivity index (χ3v) is 18.4. The summed E-state index contributed by atoms with van der Waals surface area (Å²) in [5, 5.41) is 5.19. The molecule has 0 unspecified atom stereocenters. The lowest BCUT2D eigenvalue weighted by Crippen LogP contribution is -2.62. The Labute approximate surface area is 462 Å². The second kappa shape index (κ2) is 16.6. The summed E-state index contributed by atoms with van der Waals surface area (Å²) in [5.41, 5.74) is 24.6. The summed E-state index contributed by atoms with van der Waals surface area (Å²) >= 11 is 1.89. The van der Waals surface area contributed by atoms with Crippen LogP contribution in [0.15, 0.2) is 206 Å². The molecule has 378 valence electrons. The van der Waals surface area contributed by atoms with Crippen LogP contribution in [0.5, 0.6) is 0 Å². The van der Waals surface area contributed by atoms with E-state index in [2.05, 4.69) is 288 Å². The van der Waals surface area contributed by atoms with Crippen LogP contribution in [0, 0.1) is 0 Å². The number of rotatable bonds is 5. The first-order valence-corrected chi connectivity index (χ1v) is 28.5. The van der Waals surface area contributed by atoms with Gasteiger partial charge in [0, 0.05) is 70.8 Å². The molecule has 3 aliphatic rings. The normalized spacial score (nSPS) is 13.6. The Balaban J connectivity index is 1.000. The van der Waals surface area contributed by atoms with Crippen LogP contribution in [0.2, 0.25) is 0 Å². The van der Waals surface area contributed by atoms with Crippen LogP contribution in [0.4, 0.5) is 51.2 Å². The van der Waals surface area contributed by atoms with Crippen molar-refractivity contribution in [3.8, 4) is 16.8 Å². The summed E-state index contributed by atoms with van der Waals surface area (Å²) in [7, 11) is 0. The van der Waals surface area contributed by atoms with Crippen molar-refractivity contribution in [2.24, 2.45) is 0 Å². The van der Waals surface area contributed by atoms with Gasteiger partial charge in [-0.15, -0.1) is 11.3 Å². The highest BCUT2D eigenvalue weighted by molar-refractivity contribution is 7.26. The minimum absolute atomic E-state index is 0.0247. The van der Waals surface area contributed by atoms with E-state index in [1.165, 1.54) is 120 Å². The van der Waals surface area contributed by atoms with Gasteiger partial charge in [0.15, 0.2) is 0 Å². The number of nitrogens with zero attached hydrogens (tertiary/aromatic N) is 4. The Bertz CT molecular complexity index is 4390. The van der Waals surface area contributed by atoms with Crippen molar-refractivity contribution in [2.75, 3.05) is 14.7 Å². The van der Waals surface area contributed by atoms with Crippen LogP contribution in [0.25, 0.3) is 58.8 Å². The van der Waals surface area contributed by atoms with Gasteiger partial charge in [-0.2, -0.15) is 0 Å². The van der Waals surface area contributed by atoms with Gasteiger partial charge in [-0.3, -0.25) is 0 Å². The lowest BCUT2D eigenvalue weighted by atomic mass is 9.33. The number of hydrogen-bond donors (Lipinski definition) is 0. The van der Waals surface area contributed by atoms with E-state index in [4.69, 9.17) is 0 Å². The Kier molecular flexibility index (Phi) is 9.99. The van der Waals surface area contributed by atoms with E-state index < -0.39 is 0 Å². The number of aromatic nitrogens is 1. The Morgan fingerprint density at radius 3 is 1.68 bits per heavy atom. The Hall–Kier alpha value is -8.32. The zero-order valence-electron chi connectivity index (χ0n) is 45.9. The zero-order valence-corrected chi connectivity index (χ0v) is 46.7. The average Bonchev–Trinajstić information content (AvgIpc) is 4.06. The van der Waals surface area contributed by atoms with E-state index in [9.17, 15) is 0 Å². The van der Waals surface area contributed by atoms with E-state index in [1.807, 2.05) is 11.3 Å². The molecular formula is C72H61BN4S. The summed E-state index contributed by atoms with van der Waals surface area (Å²) in [5.74, 6) is 0. The molecule has 0 saturated heterocycles. The lowest BCUT2D eigenvalue weighted by molar-refractivity contribution is 0.590. The SMILES string of the molecule is CC(C)(C)c1ccc(N(c2ccc(C(C)(C)C)cc2)c2ccc3c(c2)N(c2ccc(-c4cccc5c4sc4ccccc45)cc2)c2cc(C(C)(C)C)cc4c2B3c2cccc3c2N4c2cccc4c5ccccc5n-3c24)cc1. The van der Waals surface area contributed by atoms with E-state index in [-0.39, 0.29) is 23.0 Å². The molecule has 6 heteroatoms. The van der Waals surface area contributed by atoms with E-state index in [0.717, 1.165) is 22.7 Å². The minimum Gasteiger partial charge on any atom is -0.311 e. The molecule has 0 amide bonds. The first-order valence-electron chi connectivity index (χ1n) is 27.7. The molecule has 2 aromatic heterocycles. The van der Waals surface area contributed by atoms with E-state index >= 15 is 0 Å². The average molecular weight is 1030 g/mol. The standard InChI is InChI=1S/C72H61BN4S/c1-70(2,3)45-29-35-48(36-30-45)74(49-37-31-46(32-38-49)71(4,5)6)51-39-40-57-62(43-51)75(50-33-27-44(28-34-50)52-19-14-21-56-54-18-11-13-26-65(54)78-69(52)56)63-41-47(72(7,8)9)42-64-66(63)73(57)58-22-16-25-61-68(58)77(64)60-24-15-20-55-53-17-10-12-23-59(53)76(61)67(55)60/h10-43H,1-9H3. The number of fused-ring (bicyclic) bond motifs is 12. The van der Waals surface area contributed by atoms with Crippen molar-refractivity contribution < 1.29 is 0 Å². The monoisotopic (exact) mass is 1020 g/mol. The predicted molar refractivity (Wildman–Crippen MR) is 337 cm³/mol. The van der Waals surface area contributed by atoms with Gasteiger partial charge < -0.3 is 19.3 Å². The molecular weight excluding hydrogens is 964 g/mol. The number of para-hydroxylation sites is 3. The highest BCUT2D eigenvalue weighted by atomic mass is 32.1. The molecule has 0 aliphatic carbocycles. The molecule has 4 nitrogen and oxygen atoms in total. The third-order valence-electron chi connectivity index (χ3n) is 17.2. The summed E-state index contributed by atoms with van der Waals surface area (Å²) < 4.78 is 5.19. The molecule has 0 bridgehead atoms. The maximum Gasteiger partial charge on any atom is 0.252 e. The molecule has 3 aliphatic heterocycles. The fourth-order valence-corrected chi connectivity index (χ4v) is 14.4. The van der Waals surface area contributed by atoms with Crippen molar-refractivity contribution in [1.29, 1.82) is 0 Å². The van der Waals surface area contributed by atoms with Gasteiger partial charge in [-0.05, 0) is 145 Å². The number of thiophene rings is 1. The molecule has 0 spiro atoms. The molecule has 0 radical (unpaired) electrons. The maximum absolute atomic E-state index is 2.63. The first kappa shape index (κ1) is 46.9. The summed E-state index contributed by atoms with van der Waals surface area (Å²) in [6, 6.07) is 78.9. The van der Waals surface area contributed by atoms with Crippen molar-refractivity contribution in [2.45, 2.75) is 78.6 Å². The van der Waals surface area contributed by atoms with E-state index in [1.54, 1.807) is 0 Å². The Morgan fingerprint density at radius 1 is 0.410 bits per heavy atom. The van der Waals surface area contributed by atoms with Gasteiger partial charge in [0.1, 0.15) is 0 Å². The van der Waals surface area contributed by atoms with Gasteiger partial charge in [-0.1, -0.05) is 184 Å². The summed E-state index contributed by atoms with van der Waals surface area (Å²) in [6.45, 7) is 20.8. The fraction of sp³-hybridized carbons (Fsp3) is 0.167. The maximum atomic E-state index is 2.63. The van der Waals surface area contributed by atoms with E-state index in [0.29, 0.717) is 0 Å². The van der Waals surface area contributed by atoms with Gasteiger partial charge in [-0.25, -0.2) is 0 Å². The molecule has 78 heavy (non-hydrogen) atoms. The molecule has 5 heterocycles. The van der Waals surface area contributed by atoms with Crippen LogP contribution >= 0.6 is 11.3 Å². The molecule has 15 rings (SSSR count). The highest BCUT2D eigenvalue weighted by Gasteiger charge is 2.47. The van der Waals surface area contributed by atoms with Crippen LogP contribution in [0.3, 0.4) is 0 Å². The molecule has 12 aromatic rings. The number of hydrogen-bond acceptors (Lipinski definition) is 4. The van der Waals surface area contributed by atoms with Crippen molar-refractivity contribution in [3.63, 3.8) is 0 Å². The lowest BCUT2D eigenvalue weighted by Gasteiger charge is -2.47. The molecule has 0 N–H and O–H groups in total. The first-order chi connectivity index (χ1) is 37.6. The number of benzene rings is 10. The molecule has 0 saturated carbocycles. The van der Waals surface area contributed by atoms with Crippen LogP contribution < -0.4 is 31.1 Å². The third kappa shape index (κ3) is 6.91. The quantitative estimate of drug-likeness (QED) is 0.160. The molecule has 0 atom stereocenters. The van der Waals surface area contributed by atoms with Gasteiger partial charge in [0.05, 0.1) is 28.1 Å². The van der Waals surface area contributed by atoms with Gasteiger partial charge >= 0.3 is 0 Å². The predicted octanol–water partition coefficient (Wildman–Crippen LogP) is 18.6. The Morgan fingerprint density at radius 2 is 0.987 bits per heavy atom. The summed E-state index contributed by atoms with van der Waals surface area (Å²) in [6.07, 6.45) is 0.